The number of hydrogen-bond donors (Lipinski definition) is 2. The summed E-state index contributed by atoms with van der Waals surface area (Å²) in [5, 5.41) is 4.17. The number of rotatable bonds is 5. The molecule has 2 aliphatic rings. The summed E-state index contributed by atoms with van der Waals surface area (Å²) in [7, 11) is 0. The SMILES string of the molecule is Cl.NCC(NC(=O)Cc1coc2cc3c(cc12)CCC3)C1CC1. The van der Waals surface area contributed by atoms with E-state index in [-0.39, 0.29) is 24.4 Å². The first-order chi connectivity index (χ1) is 10.7. The van der Waals surface area contributed by atoms with Gasteiger partial charge < -0.3 is 15.5 Å². The Morgan fingerprint density at radius 3 is 2.74 bits per heavy atom. The lowest BCUT2D eigenvalue weighted by atomic mass is 10.0. The van der Waals surface area contributed by atoms with E-state index in [1.807, 2.05) is 0 Å². The number of nitrogens with one attached hydrogen (secondary N) is 1. The molecule has 1 aromatic heterocycles. The molecule has 0 spiro atoms. The van der Waals surface area contributed by atoms with Crippen LogP contribution in [-0.2, 0) is 24.1 Å². The molecule has 0 saturated heterocycles. The van der Waals surface area contributed by atoms with E-state index in [1.54, 1.807) is 6.26 Å². The first-order valence-corrected chi connectivity index (χ1v) is 8.26. The molecule has 1 saturated carbocycles. The van der Waals surface area contributed by atoms with Crippen molar-refractivity contribution in [2.75, 3.05) is 6.54 Å². The van der Waals surface area contributed by atoms with Crippen LogP contribution in [-0.4, -0.2) is 18.5 Å². The summed E-state index contributed by atoms with van der Waals surface area (Å²) < 4.78 is 5.66. The van der Waals surface area contributed by atoms with Gasteiger partial charge in [-0.15, -0.1) is 12.4 Å². The van der Waals surface area contributed by atoms with Crippen molar-refractivity contribution in [1.82, 2.24) is 5.32 Å². The normalized spacial score (nSPS) is 17.6. The standard InChI is InChI=1S/C18H22N2O2.ClH/c19-9-16(11-4-5-11)20-18(21)8-14-10-22-17-7-13-3-1-2-12(13)6-15(14)17;/h6-7,10-11,16H,1-5,8-9,19H2,(H,20,21);1H. The highest BCUT2D eigenvalue weighted by atomic mass is 35.5. The van der Waals surface area contributed by atoms with Crippen molar-refractivity contribution >= 4 is 29.3 Å². The van der Waals surface area contributed by atoms with E-state index in [9.17, 15) is 4.79 Å². The summed E-state index contributed by atoms with van der Waals surface area (Å²) >= 11 is 0. The molecule has 4 nitrogen and oxygen atoms in total. The van der Waals surface area contributed by atoms with Gasteiger partial charge in [-0.3, -0.25) is 4.79 Å². The summed E-state index contributed by atoms with van der Waals surface area (Å²) in [6.07, 6.45) is 7.96. The molecule has 3 N–H and O–H groups in total. The van der Waals surface area contributed by atoms with Gasteiger partial charge in [-0.05, 0) is 61.3 Å². The predicted octanol–water partition coefficient (Wildman–Crippen LogP) is 2.74. The number of fused-ring (bicyclic) bond motifs is 2. The second kappa shape index (κ2) is 6.54. The Labute approximate surface area is 142 Å². The van der Waals surface area contributed by atoms with Gasteiger partial charge >= 0.3 is 0 Å². The van der Waals surface area contributed by atoms with Crippen molar-refractivity contribution in [1.29, 1.82) is 0 Å². The molecule has 0 radical (unpaired) electrons. The van der Waals surface area contributed by atoms with E-state index >= 15 is 0 Å². The van der Waals surface area contributed by atoms with Gasteiger partial charge in [0.15, 0.2) is 0 Å². The van der Waals surface area contributed by atoms with Crippen LogP contribution in [0.1, 0.15) is 36.0 Å². The van der Waals surface area contributed by atoms with Gasteiger partial charge in [0.05, 0.1) is 12.7 Å². The van der Waals surface area contributed by atoms with Crippen LogP contribution in [0.3, 0.4) is 0 Å². The zero-order valence-electron chi connectivity index (χ0n) is 13.1. The molecule has 1 amide bonds. The minimum absolute atomic E-state index is 0. The van der Waals surface area contributed by atoms with Crippen molar-refractivity contribution < 1.29 is 9.21 Å². The van der Waals surface area contributed by atoms with Gasteiger partial charge in [0.2, 0.25) is 5.91 Å². The lowest BCUT2D eigenvalue weighted by Crippen LogP contribution is -2.42. The molecular weight excluding hydrogens is 312 g/mol. The van der Waals surface area contributed by atoms with Crippen molar-refractivity contribution in [3.05, 3.63) is 35.1 Å². The van der Waals surface area contributed by atoms with Crippen LogP contribution in [0, 0.1) is 5.92 Å². The van der Waals surface area contributed by atoms with E-state index < -0.39 is 0 Å². The molecular formula is C18H23ClN2O2. The van der Waals surface area contributed by atoms with E-state index in [4.69, 9.17) is 10.2 Å². The second-order valence-corrected chi connectivity index (χ2v) is 6.66. The Morgan fingerprint density at radius 1 is 1.30 bits per heavy atom. The predicted molar refractivity (Wildman–Crippen MR) is 92.9 cm³/mol. The first-order valence-electron chi connectivity index (χ1n) is 8.26. The molecule has 1 heterocycles. The highest BCUT2D eigenvalue weighted by Gasteiger charge is 2.31. The van der Waals surface area contributed by atoms with E-state index in [0.717, 1.165) is 29.4 Å². The number of carbonyl (C=O) groups is 1. The molecule has 1 unspecified atom stereocenters. The zero-order valence-corrected chi connectivity index (χ0v) is 14.0. The summed E-state index contributed by atoms with van der Waals surface area (Å²) in [4.78, 5) is 12.3. The van der Waals surface area contributed by atoms with Gasteiger partial charge in [-0.2, -0.15) is 0 Å². The lowest BCUT2D eigenvalue weighted by molar-refractivity contribution is -0.121. The fourth-order valence-corrected chi connectivity index (χ4v) is 3.58. The average Bonchev–Trinajstić information content (AvgIpc) is 3.15. The van der Waals surface area contributed by atoms with Gasteiger partial charge in [0, 0.05) is 23.5 Å². The summed E-state index contributed by atoms with van der Waals surface area (Å²) in [5.41, 5.74) is 10.4. The number of amides is 1. The molecule has 124 valence electrons. The van der Waals surface area contributed by atoms with Crippen molar-refractivity contribution in [3.63, 3.8) is 0 Å². The van der Waals surface area contributed by atoms with Crippen LogP contribution in [0.5, 0.6) is 0 Å². The van der Waals surface area contributed by atoms with Crippen molar-refractivity contribution in [2.24, 2.45) is 11.7 Å². The third-order valence-electron chi connectivity index (χ3n) is 5.01. The molecule has 0 bridgehead atoms. The first kappa shape index (κ1) is 16.3. The van der Waals surface area contributed by atoms with Gasteiger partial charge in [0.1, 0.15) is 5.58 Å². The molecule has 23 heavy (non-hydrogen) atoms. The number of halogens is 1. The van der Waals surface area contributed by atoms with Gasteiger partial charge in [0.25, 0.3) is 0 Å². The highest BCUT2D eigenvalue weighted by Crippen LogP contribution is 2.33. The van der Waals surface area contributed by atoms with Gasteiger partial charge in [-0.25, -0.2) is 0 Å². The quantitative estimate of drug-likeness (QED) is 0.883. The maximum atomic E-state index is 12.3. The van der Waals surface area contributed by atoms with E-state index in [1.165, 1.54) is 30.4 Å². The molecule has 4 rings (SSSR count). The smallest absolute Gasteiger partial charge is 0.224 e. The molecule has 1 atom stereocenters. The Hall–Kier alpha value is -1.52. The number of nitrogens with two attached hydrogens (primary N) is 1. The number of carbonyl (C=O) groups excluding carboxylic acids is 1. The molecule has 0 aliphatic heterocycles. The summed E-state index contributed by atoms with van der Waals surface area (Å²) in [5.74, 6) is 0.629. The van der Waals surface area contributed by atoms with Crippen molar-refractivity contribution in [2.45, 2.75) is 44.6 Å². The van der Waals surface area contributed by atoms with Crippen LogP contribution < -0.4 is 11.1 Å². The lowest BCUT2D eigenvalue weighted by Gasteiger charge is -2.15. The largest absolute Gasteiger partial charge is 0.464 e. The van der Waals surface area contributed by atoms with Crippen LogP contribution >= 0.6 is 12.4 Å². The average molecular weight is 335 g/mol. The Kier molecular flexibility index (Phi) is 4.64. The van der Waals surface area contributed by atoms with Crippen LogP contribution in [0.2, 0.25) is 0 Å². The number of aryl methyl sites for hydroxylation is 2. The van der Waals surface area contributed by atoms with E-state index in [0.29, 0.717) is 18.9 Å². The molecule has 2 aliphatic carbocycles. The molecule has 2 aromatic rings. The Morgan fingerprint density at radius 2 is 2.04 bits per heavy atom. The maximum absolute atomic E-state index is 12.3. The Balaban J connectivity index is 0.00000156. The molecule has 1 fully saturated rings. The van der Waals surface area contributed by atoms with Crippen LogP contribution in [0.15, 0.2) is 22.8 Å². The fraction of sp³-hybridized carbons (Fsp3) is 0.500. The Bertz CT molecular complexity index is 721. The summed E-state index contributed by atoms with van der Waals surface area (Å²) in [6, 6.07) is 4.49. The van der Waals surface area contributed by atoms with E-state index in [2.05, 4.69) is 17.4 Å². The number of furan rings is 1. The van der Waals surface area contributed by atoms with Crippen LogP contribution in [0.25, 0.3) is 11.0 Å². The highest BCUT2D eigenvalue weighted by molar-refractivity contribution is 5.88. The topological polar surface area (TPSA) is 68.3 Å². The monoisotopic (exact) mass is 334 g/mol. The fourth-order valence-electron chi connectivity index (χ4n) is 3.58. The minimum Gasteiger partial charge on any atom is -0.464 e. The maximum Gasteiger partial charge on any atom is 0.224 e. The van der Waals surface area contributed by atoms with Crippen molar-refractivity contribution in [3.8, 4) is 0 Å². The van der Waals surface area contributed by atoms with Crippen LogP contribution in [0.4, 0.5) is 0 Å². The van der Waals surface area contributed by atoms with Gasteiger partial charge in [-0.1, -0.05) is 0 Å². The minimum atomic E-state index is 0. The third kappa shape index (κ3) is 3.24. The second-order valence-electron chi connectivity index (χ2n) is 6.66. The molecule has 1 aromatic carbocycles. The third-order valence-corrected chi connectivity index (χ3v) is 5.01. The number of benzene rings is 1. The molecule has 5 heteroatoms. The number of hydrogen-bond acceptors (Lipinski definition) is 3. The summed E-state index contributed by atoms with van der Waals surface area (Å²) in [6.45, 7) is 0.524. The zero-order chi connectivity index (χ0) is 15.1.